The van der Waals surface area contributed by atoms with Crippen LogP contribution < -0.4 is 42.5 Å². The van der Waals surface area contributed by atoms with E-state index in [1.54, 1.807) is 21.9 Å². The third kappa shape index (κ3) is 27.8. The number of likely N-dealkylation sites (tertiary alicyclic amines) is 2. The predicted octanol–water partition coefficient (Wildman–Crippen LogP) is 0.177. The minimum atomic E-state index is -3.28. The molecule has 3 fully saturated rings. The molecule has 3 saturated heterocycles. The van der Waals surface area contributed by atoms with Crippen molar-refractivity contribution in [2.75, 3.05) is 128 Å². The fourth-order valence-electron chi connectivity index (χ4n) is 12.5. The number of benzene rings is 2. The molecule has 5 heterocycles. The summed E-state index contributed by atoms with van der Waals surface area (Å²) in [6.45, 7) is -2.13. The monoisotopic (exact) mass is 1620 g/mol. The molecule has 0 bridgehead atoms. The van der Waals surface area contributed by atoms with Crippen LogP contribution in [0.25, 0.3) is 21.8 Å². The van der Waals surface area contributed by atoms with Crippen LogP contribution in [0, 0.1) is 29.3 Å². The number of nitriles is 2. The number of hydrogen-bond acceptors (Lipinski definition) is 23. The van der Waals surface area contributed by atoms with E-state index >= 15 is 0 Å². The summed E-state index contributed by atoms with van der Waals surface area (Å²) in [5.74, 6) is -17.5. The van der Waals surface area contributed by atoms with Gasteiger partial charge < -0.3 is 77.4 Å². The van der Waals surface area contributed by atoms with Crippen molar-refractivity contribution in [2.45, 2.75) is 107 Å². The second kappa shape index (κ2) is 43.4. The number of nitrogens with one attached hydrogen (secondary N) is 8. The normalized spacial score (nSPS) is 17.4. The van der Waals surface area contributed by atoms with Crippen molar-refractivity contribution in [2.24, 2.45) is 0 Å². The zero-order valence-electron chi connectivity index (χ0n) is 59.7. The van der Waals surface area contributed by atoms with E-state index in [2.05, 4.69) is 57.4 Å². The molecule has 36 nitrogen and oxygen atoms in total. The van der Waals surface area contributed by atoms with E-state index in [0.29, 0.717) is 9.80 Å². The zero-order chi connectivity index (χ0) is 79.4. The maximum absolute atomic E-state index is 14.0. The Bertz CT molecular complexity index is 4050. The molecule has 2 aromatic heterocycles. The van der Waals surface area contributed by atoms with Gasteiger partial charge in [0, 0.05) is 173 Å². The number of carboxylic acids is 3. The number of rotatable bonds is 36. The van der Waals surface area contributed by atoms with E-state index < -0.39 is 178 Å². The predicted molar refractivity (Wildman–Crippen MR) is 375 cm³/mol. The molecule has 2 unspecified atom stereocenters. The number of alkyl halides is 4. The van der Waals surface area contributed by atoms with Crippen molar-refractivity contribution in [3.05, 3.63) is 78.7 Å². The quantitative estimate of drug-likeness (QED) is 0.00950. The van der Waals surface area contributed by atoms with Crippen LogP contribution in [0.5, 0.6) is 0 Å². The Hall–Kier alpha value is -10.1. The molecule has 0 aliphatic carbocycles. The Labute approximate surface area is 652 Å². The third-order valence-electron chi connectivity index (χ3n) is 18.0. The van der Waals surface area contributed by atoms with Gasteiger partial charge in [-0.1, -0.05) is 24.3 Å². The molecule has 7 rings (SSSR count). The Balaban J connectivity index is 0.0000189. The summed E-state index contributed by atoms with van der Waals surface area (Å²) in [4.78, 5) is 190. The molecule has 4 aromatic rings. The first kappa shape index (κ1) is 88.8. The minimum absolute atomic E-state index is 0. The Morgan fingerprint density at radius 2 is 1.00 bits per heavy atom. The number of aromatic nitrogens is 2. The molecule has 3 aliphatic heterocycles. The number of unbranched alkanes of at least 4 members (excludes halogenated alkanes) is 1. The molecule has 0 spiro atoms. The number of fused-ring (bicyclic) bond motifs is 2. The number of anilines is 2. The zero-order valence-corrected chi connectivity index (χ0v) is 62.6. The number of para-hydroxylation sites is 2. The SMILES string of the molecule is N#C[C@@H]1CC(F)(F)CN1C(=O)CNC(=O)c1ccnc2c(NC(=O)CCC(=O)NCCCCC(NC(=O)CCC(=O)Nc3cccc4c(C(=O)NCC(=O)N5CC(F)(F)C[C@H]5C#N)ccnc34)C(=O)NCCNC(=O)CCC(C(=O)O)N3CCN(CC(=O)O)CCN(C[CH-]OO)CCN(CC(=O)O)CC3)cccc12.[90Y]. The van der Waals surface area contributed by atoms with E-state index in [9.17, 15) is 106 Å². The average Bonchev–Trinajstić information content (AvgIpc) is 1.11. The number of carbonyl (C=O) groups excluding carboxylic acids is 10. The Kier molecular flexibility index (Phi) is 35.0. The number of pyridine rings is 2. The van der Waals surface area contributed by atoms with E-state index in [4.69, 9.17) is 5.26 Å². The largest absolute Gasteiger partial charge is 0.480 e. The molecular weight excluding hydrogens is 1530 g/mol. The fourth-order valence-corrected chi connectivity index (χ4v) is 12.5. The van der Waals surface area contributed by atoms with E-state index in [-0.39, 0.29) is 200 Å². The fraction of sp³-hybridized carbons (Fsp3) is 0.507. The molecule has 10 amide bonds. The average molecular weight is 1620 g/mol. The molecule has 41 heteroatoms. The van der Waals surface area contributed by atoms with Gasteiger partial charge in [0.05, 0.1) is 84.9 Å². The van der Waals surface area contributed by atoms with Gasteiger partial charge in [0.2, 0.25) is 47.3 Å². The Morgan fingerprint density at radius 3 is 1.47 bits per heavy atom. The van der Waals surface area contributed by atoms with Gasteiger partial charge in [-0.05, 0) is 49.9 Å². The van der Waals surface area contributed by atoms with Crippen molar-refractivity contribution >= 4 is 110 Å². The summed E-state index contributed by atoms with van der Waals surface area (Å²) >= 11 is 0. The second-order valence-electron chi connectivity index (χ2n) is 26.0. The van der Waals surface area contributed by atoms with E-state index in [1.165, 1.54) is 65.8 Å². The van der Waals surface area contributed by atoms with Crippen molar-refractivity contribution in [3.8, 4) is 12.1 Å². The van der Waals surface area contributed by atoms with Gasteiger partial charge in [0.15, 0.2) is 0 Å². The summed E-state index contributed by atoms with van der Waals surface area (Å²) < 4.78 is 56.0. The summed E-state index contributed by atoms with van der Waals surface area (Å²) in [5, 5.41) is 78.4. The molecule has 591 valence electrons. The molecule has 2 aromatic carbocycles. The first-order valence-corrected chi connectivity index (χ1v) is 34.8. The maximum Gasteiger partial charge on any atom is 0.320 e. The smallest absolute Gasteiger partial charge is 0.320 e. The third-order valence-corrected chi connectivity index (χ3v) is 18.0. The molecule has 12 N–H and O–H groups in total. The van der Waals surface area contributed by atoms with Gasteiger partial charge in [-0.3, -0.25) is 92.3 Å². The topological polar surface area (TPSA) is 501 Å². The van der Waals surface area contributed by atoms with Crippen molar-refractivity contribution in [3.63, 3.8) is 0 Å². The van der Waals surface area contributed by atoms with Gasteiger partial charge in [0.25, 0.3) is 23.7 Å². The maximum atomic E-state index is 14.0. The Morgan fingerprint density at radius 1 is 0.555 bits per heavy atom. The van der Waals surface area contributed by atoms with Crippen molar-refractivity contribution < 1.29 is 138 Å². The van der Waals surface area contributed by atoms with Crippen LogP contribution in [0.2, 0.25) is 0 Å². The molecule has 110 heavy (non-hydrogen) atoms. The standard InChI is InChI=1S/C69H85F4N18O18.Y/c70-68(71)33-43(35-74)90(41-68)58(97)37-81-64(103)47-16-19-78-62-45(47)5-3-8-49(62)83-55(94)13-12-54(93)76-18-2-1-7-51(85-57(96)15-14-56(95)84-50-9-4-6-46-48(17-20-79-63(46)50)65(104)82-38-59(98)91-42-69(72,73)34-44(91)36-75)66(105)80-22-21-77-53(92)11-10-52(67(106)107)89-29-27-87(39-60(99)100)25-23-86(31-32-109-108)24-26-88(28-30-89)40-61(101)102;/h3-6,8-9,16-17,19-20,32,43-44,51-52,108H,1-2,7,10-15,18,21-31,33-34,37-42H2,(H,76,93)(H,77,92)(H,80,105)(H,81,103)(H,82,104)(H,83,94)(H,84,95)(H,85,96)(H,99,100)(H,101,102)(H,106,107);/q-1;/t43-,44-,51?,52?;/m0./s1/i;1+1. The molecule has 4 atom stereocenters. The van der Waals surface area contributed by atoms with Crippen LogP contribution in [0.3, 0.4) is 0 Å². The number of carboxylic acid groups (broad SMARTS) is 3. The van der Waals surface area contributed by atoms with Gasteiger partial charge >= 0.3 is 17.9 Å². The number of aliphatic carboxylic acids is 3. The number of carbonyl (C=O) groups is 13. The molecule has 0 saturated carbocycles. The summed E-state index contributed by atoms with van der Waals surface area (Å²) in [7, 11) is 0. The van der Waals surface area contributed by atoms with Gasteiger partial charge in [-0.2, -0.15) is 17.1 Å². The van der Waals surface area contributed by atoms with Gasteiger partial charge in [0.1, 0.15) is 24.2 Å². The van der Waals surface area contributed by atoms with Crippen LogP contribution in [-0.4, -0.2) is 291 Å². The molecule has 1 radical (unpaired) electrons. The van der Waals surface area contributed by atoms with Crippen LogP contribution in [-0.2, 0) is 90.3 Å². The number of amides is 10. The first-order chi connectivity index (χ1) is 52.0. The van der Waals surface area contributed by atoms with E-state index in [1.807, 2.05) is 4.90 Å². The van der Waals surface area contributed by atoms with Gasteiger partial charge in [-0.15, -0.1) is 6.54 Å². The van der Waals surface area contributed by atoms with Crippen LogP contribution in [0.1, 0.15) is 91.3 Å². The van der Waals surface area contributed by atoms with E-state index in [0.717, 1.165) is 6.61 Å². The minimum Gasteiger partial charge on any atom is -0.480 e. The van der Waals surface area contributed by atoms with Crippen LogP contribution in [0.15, 0.2) is 60.9 Å². The van der Waals surface area contributed by atoms with Gasteiger partial charge in [-0.25, -0.2) is 17.6 Å². The van der Waals surface area contributed by atoms with Crippen molar-refractivity contribution in [1.29, 1.82) is 10.5 Å². The summed E-state index contributed by atoms with van der Waals surface area (Å²) in [6.07, 6.45) is -0.891. The first-order valence-electron chi connectivity index (χ1n) is 34.8. The molecule has 3 aliphatic rings. The number of hydrogen-bond donors (Lipinski definition) is 12. The number of halogens is 4. The van der Waals surface area contributed by atoms with Crippen LogP contribution in [0.4, 0.5) is 28.9 Å². The molecular formula is C69H85F4N18O18Y-. The number of nitrogens with zero attached hydrogens (tertiary/aromatic N) is 10. The summed E-state index contributed by atoms with van der Waals surface area (Å²) in [5.41, 5.74) is 0.570. The second-order valence-corrected chi connectivity index (χ2v) is 26.0. The summed E-state index contributed by atoms with van der Waals surface area (Å²) in [6, 6.07) is 9.65. The van der Waals surface area contributed by atoms with Crippen LogP contribution >= 0.6 is 0 Å². The van der Waals surface area contributed by atoms with Crippen molar-refractivity contribution in [1.82, 2.24) is 71.3 Å².